The highest BCUT2D eigenvalue weighted by Gasteiger charge is 2.07. The van der Waals surface area contributed by atoms with Crippen molar-refractivity contribution in [3.05, 3.63) is 47.4 Å². The van der Waals surface area contributed by atoms with Crippen LogP contribution in [-0.2, 0) is 13.5 Å². The number of fused-ring (bicyclic) bond motifs is 1. The fourth-order valence-electron chi connectivity index (χ4n) is 2.80. The van der Waals surface area contributed by atoms with Crippen molar-refractivity contribution in [3.8, 4) is 0 Å². The summed E-state index contributed by atoms with van der Waals surface area (Å²) in [5.41, 5.74) is 1.91. The number of aliphatic imine (C=N–C) groups is 1. The van der Waals surface area contributed by atoms with Gasteiger partial charge in [-0.1, -0.05) is 29.8 Å². The summed E-state index contributed by atoms with van der Waals surface area (Å²) in [6, 6.07) is 7.86. The van der Waals surface area contributed by atoms with E-state index in [-0.39, 0.29) is 0 Å². The molecular formula is C19H25ClN8. The SMILES string of the molecule is CCNC(=NCCc1ccccc1Cl)NCCNc1ncnc2c1cnn2C. The highest BCUT2D eigenvalue weighted by atomic mass is 35.5. The van der Waals surface area contributed by atoms with Crippen molar-refractivity contribution >= 4 is 34.4 Å². The molecule has 148 valence electrons. The summed E-state index contributed by atoms with van der Waals surface area (Å²) >= 11 is 6.20. The monoisotopic (exact) mass is 400 g/mol. The molecule has 0 aliphatic carbocycles. The summed E-state index contributed by atoms with van der Waals surface area (Å²) in [6.07, 6.45) is 4.11. The fraction of sp³-hybridized carbons (Fsp3) is 0.368. The highest BCUT2D eigenvalue weighted by Crippen LogP contribution is 2.17. The predicted molar refractivity (Wildman–Crippen MR) is 114 cm³/mol. The molecule has 3 N–H and O–H groups in total. The molecule has 0 atom stereocenters. The number of halogens is 1. The van der Waals surface area contributed by atoms with E-state index < -0.39 is 0 Å². The van der Waals surface area contributed by atoms with Gasteiger partial charge < -0.3 is 16.0 Å². The zero-order valence-corrected chi connectivity index (χ0v) is 16.9. The van der Waals surface area contributed by atoms with Crippen LogP contribution in [-0.4, -0.2) is 51.9 Å². The quantitative estimate of drug-likeness (QED) is 0.305. The van der Waals surface area contributed by atoms with Crippen LogP contribution >= 0.6 is 11.6 Å². The van der Waals surface area contributed by atoms with Crippen molar-refractivity contribution in [2.45, 2.75) is 13.3 Å². The maximum Gasteiger partial charge on any atom is 0.191 e. The third-order valence-corrected chi connectivity index (χ3v) is 4.56. The fourth-order valence-corrected chi connectivity index (χ4v) is 3.03. The lowest BCUT2D eigenvalue weighted by Crippen LogP contribution is -2.39. The molecule has 28 heavy (non-hydrogen) atoms. The van der Waals surface area contributed by atoms with E-state index >= 15 is 0 Å². The number of rotatable bonds is 8. The number of hydrogen-bond acceptors (Lipinski definition) is 5. The third kappa shape index (κ3) is 5.10. The van der Waals surface area contributed by atoms with Crippen molar-refractivity contribution < 1.29 is 0 Å². The Bertz CT molecular complexity index is 937. The van der Waals surface area contributed by atoms with Crippen molar-refractivity contribution in [1.82, 2.24) is 30.4 Å². The molecule has 0 spiro atoms. The van der Waals surface area contributed by atoms with Gasteiger partial charge in [0.05, 0.1) is 11.6 Å². The second-order valence-electron chi connectivity index (χ2n) is 6.18. The van der Waals surface area contributed by atoms with Crippen LogP contribution in [0.1, 0.15) is 12.5 Å². The molecule has 2 heterocycles. The first kappa shape index (κ1) is 19.9. The number of nitrogens with zero attached hydrogens (tertiary/aromatic N) is 5. The van der Waals surface area contributed by atoms with Crippen molar-refractivity contribution in [3.63, 3.8) is 0 Å². The van der Waals surface area contributed by atoms with Gasteiger partial charge in [0, 0.05) is 38.2 Å². The van der Waals surface area contributed by atoms with Gasteiger partial charge in [0.15, 0.2) is 11.6 Å². The van der Waals surface area contributed by atoms with Crippen LogP contribution in [0.2, 0.25) is 5.02 Å². The van der Waals surface area contributed by atoms with Crippen LogP contribution < -0.4 is 16.0 Å². The number of nitrogens with one attached hydrogen (secondary N) is 3. The molecule has 0 aliphatic heterocycles. The number of benzene rings is 1. The molecule has 8 nitrogen and oxygen atoms in total. The van der Waals surface area contributed by atoms with E-state index in [1.54, 1.807) is 17.2 Å². The molecule has 0 bridgehead atoms. The molecule has 2 aromatic heterocycles. The van der Waals surface area contributed by atoms with Gasteiger partial charge >= 0.3 is 0 Å². The van der Waals surface area contributed by atoms with Gasteiger partial charge in [-0.15, -0.1) is 0 Å². The maximum atomic E-state index is 6.20. The molecule has 0 saturated heterocycles. The minimum atomic E-state index is 0.661. The lowest BCUT2D eigenvalue weighted by Gasteiger charge is -2.12. The molecule has 0 radical (unpaired) electrons. The zero-order valence-electron chi connectivity index (χ0n) is 16.1. The third-order valence-electron chi connectivity index (χ3n) is 4.19. The van der Waals surface area contributed by atoms with Gasteiger partial charge in [0.1, 0.15) is 12.1 Å². The number of aromatic nitrogens is 4. The largest absolute Gasteiger partial charge is 0.368 e. The second kappa shape index (κ2) is 9.89. The van der Waals surface area contributed by atoms with Crippen molar-refractivity contribution in [2.75, 3.05) is 31.5 Å². The Morgan fingerprint density at radius 2 is 2.04 bits per heavy atom. The van der Waals surface area contributed by atoms with Crippen molar-refractivity contribution in [1.29, 1.82) is 0 Å². The predicted octanol–water partition coefficient (Wildman–Crippen LogP) is 2.23. The van der Waals surface area contributed by atoms with Gasteiger partial charge in [0.2, 0.25) is 0 Å². The van der Waals surface area contributed by atoms with E-state index in [9.17, 15) is 0 Å². The van der Waals surface area contributed by atoms with Crippen LogP contribution in [0.3, 0.4) is 0 Å². The number of aryl methyl sites for hydroxylation is 1. The minimum absolute atomic E-state index is 0.661. The lowest BCUT2D eigenvalue weighted by molar-refractivity contribution is 0.785. The molecular weight excluding hydrogens is 376 g/mol. The summed E-state index contributed by atoms with van der Waals surface area (Å²) in [5.74, 6) is 1.56. The normalized spacial score (nSPS) is 11.6. The first-order valence-corrected chi connectivity index (χ1v) is 9.69. The van der Waals surface area contributed by atoms with Crippen LogP contribution in [0.5, 0.6) is 0 Å². The number of anilines is 1. The standard InChI is InChI=1S/C19H25ClN8/c1-3-21-19(23-9-8-14-6-4-5-7-16(14)20)24-11-10-22-17-15-12-27-28(2)18(15)26-13-25-17/h4-7,12-13H,3,8-11H2,1-2H3,(H2,21,23,24)(H,22,25,26). The molecule has 1 aromatic carbocycles. The first-order chi connectivity index (χ1) is 13.7. The van der Waals surface area contributed by atoms with Crippen LogP contribution in [0.15, 0.2) is 41.8 Å². The van der Waals surface area contributed by atoms with Gasteiger partial charge in [-0.3, -0.25) is 9.67 Å². The Labute approximate surface area is 169 Å². The average Bonchev–Trinajstić information content (AvgIpc) is 3.08. The Kier molecular flexibility index (Phi) is 7.02. The van der Waals surface area contributed by atoms with E-state index in [0.29, 0.717) is 19.6 Å². The van der Waals surface area contributed by atoms with E-state index in [4.69, 9.17) is 11.6 Å². The molecule has 3 aromatic rings. The summed E-state index contributed by atoms with van der Waals surface area (Å²) < 4.78 is 1.73. The molecule has 0 fully saturated rings. The molecule has 0 unspecified atom stereocenters. The summed E-state index contributed by atoms with van der Waals surface area (Å²) in [6.45, 7) is 4.89. The highest BCUT2D eigenvalue weighted by molar-refractivity contribution is 6.31. The van der Waals surface area contributed by atoms with Gasteiger partial charge in [-0.2, -0.15) is 5.10 Å². The summed E-state index contributed by atoms with van der Waals surface area (Å²) in [5, 5.41) is 15.8. The van der Waals surface area contributed by atoms with Crippen LogP contribution in [0, 0.1) is 0 Å². The van der Waals surface area contributed by atoms with E-state index in [1.165, 1.54) is 0 Å². The lowest BCUT2D eigenvalue weighted by atomic mass is 10.1. The summed E-state index contributed by atoms with van der Waals surface area (Å²) in [4.78, 5) is 13.2. The van der Waals surface area contributed by atoms with Gasteiger partial charge in [-0.25, -0.2) is 9.97 Å². The Morgan fingerprint density at radius 1 is 1.18 bits per heavy atom. The Morgan fingerprint density at radius 3 is 2.86 bits per heavy atom. The van der Waals surface area contributed by atoms with Crippen LogP contribution in [0.4, 0.5) is 5.82 Å². The Hall–Kier alpha value is -2.87. The molecule has 9 heteroatoms. The number of guanidine groups is 1. The summed E-state index contributed by atoms with van der Waals surface area (Å²) in [7, 11) is 1.86. The average molecular weight is 401 g/mol. The maximum absolute atomic E-state index is 6.20. The van der Waals surface area contributed by atoms with Crippen LogP contribution in [0.25, 0.3) is 11.0 Å². The van der Waals surface area contributed by atoms with Gasteiger partial charge in [-0.05, 0) is 25.0 Å². The number of hydrogen-bond donors (Lipinski definition) is 3. The smallest absolute Gasteiger partial charge is 0.191 e. The van der Waals surface area contributed by atoms with E-state index in [0.717, 1.165) is 46.4 Å². The topological polar surface area (TPSA) is 92.1 Å². The first-order valence-electron chi connectivity index (χ1n) is 9.31. The van der Waals surface area contributed by atoms with Crippen molar-refractivity contribution in [2.24, 2.45) is 12.0 Å². The Balaban J connectivity index is 1.49. The second-order valence-corrected chi connectivity index (χ2v) is 6.59. The minimum Gasteiger partial charge on any atom is -0.368 e. The molecule has 0 aliphatic rings. The van der Waals surface area contributed by atoms with Gasteiger partial charge in [0.25, 0.3) is 0 Å². The molecule has 3 rings (SSSR count). The van der Waals surface area contributed by atoms with E-state index in [1.807, 2.05) is 38.2 Å². The van der Waals surface area contributed by atoms with E-state index in [2.05, 4.69) is 36.0 Å². The molecule has 0 amide bonds. The molecule has 0 saturated carbocycles. The zero-order chi connectivity index (χ0) is 19.8.